The van der Waals surface area contributed by atoms with E-state index in [-0.39, 0.29) is 18.2 Å². The monoisotopic (exact) mass is 355 g/mol. The largest absolute Gasteiger partial charge is 0.493 e. The predicted octanol–water partition coefficient (Wildman–Crippen LogP) is 2.66. The standard InChI is InChI=1S/C16H18FNO5S/c1-21-15-8-5-13(11-16(15)22-2)18-24(19,20)10-9-23-14-6-3-12(17)4-7-14/h3-8,11,18H,9-10H2,1-2H3. The van der Waals surface area contributed by atoms with Gasteiger partial charge >= 0.3 is 0 Å². The summed E-state index contributed by atoms with van der Waals surface area (Å²) in [6.07, 6.45) is 0. The van der Waals surface area contributed by atoms with Crippen LogP contribution in [-0.2, 0) is 10.0 Å². The first-order valence-electron chi connectivity index (χ1n) is 7.04. The molecule has 0 radical (unpaired) electrons. The molecule has 0 aliphatic carbocycles. The molecule has 130 valence electrons. The van der Waals surface area contributed by atoms with E-state index in [1.54, 1.807) is 12.1 Å². The maximum Gasteiger partial charge on any atom is 0.236 e. The van der Waals surface area contributed by atoms with Crippen molar-refractivity contribution in [2.75, 3.05) is 31.3 Å². The van der Waals surface area contributed by atoms with Crippen LogP contribution < -0.4 is 18.9 Å². The first-order chi connectivity index (χ1) is 11.4. The van der Waals surface area contributed by atoms with Crippen LogP contribution in [0, 0.1) is 5.82 Å². The summed E-state index contributed by atoms with van der Waals surface area (Å²) in [5.74, 6) is 0.682. The molecule has 0 saturated heterocycles. The molecule has 2 aromatic rings. The molecule has 2 aromatic carbocycles. The average molecular weight is 355 g/mol. The zero-order valence-electron chi connectivity index (χ0n) is 13.3. The summed E-state index contributed by atoms with van der Waals surface area (Å²) < 4.78 is 54.9. The Balaban J connectivity index is 1.94. The van der Waals surface area contributed by atoms with E-state index in [1.165, 1.54) is 44.6 Å². The zero-order chi connectivity index (χ0) is 17.6. The van der Waals surface area contributed by atoms with Gasteiger partial charge in [0.15, 0.2) is 11.5 Å². The minimum atomic E-state index is -3.60. The van der Waals surface area contributed by atoms with Crippen LogP contribution in [0.3, 0.4) is 0 Å². The molecule has 0 aromatic heterocycles. The summed E-state index contributed by atoms with van der Waals surface area (Å²) in [6, 6.07) is 10.0. The minimum absolute atomic E-state index is 0.0613. The average Bonchev–Trinajstić information content (AvgIpc) is 2.56. The number of sulfonamides is 1. The summed E-state index contributed by atoms with van der Waals surface area (Å²) in [6.45, 7) is -0.0613. The number of nitrogens with one attached hydrogen (secondary N) is 1. The van der Waals surface area contributed by atoms with E-state index >= 15 is 0 Å². The Morgan fingerprint density at radius 2 is 1.67 bits per heavy atom. The van der Waals surface area contributed by atoms with Crippen LogP contribution in [0.5, 0.6) is 17.2 Å². The fraction of sp³-hybridized carbons (Fsp3) is 0.250. The Morgan fingerprint density at radius 1 is 1.00 bits per heavy atom. The van der Waals surface area contributed by atoms with Crippen molar-refractivity contribution in [1.82, 2.24) is 0 Å². The lowest BCUT2D eigenvalue weighted by Gasteiger charge is -2.12. The van der Waals surface area contributed by atoms with Gasteiger partial charge in [0.25, 0.3) is 0 Å². The van der Waals surface area contributed by atoms with Crippen LogP contribution in [0.2, 0.25) is 0 Å². The number of ether oxygens (including phenoxy) is 3. The quantitative estimate of drug-likeness (QED) is 0.788. The molecule has 0 aliphatic rings. The molecule has 0 atom stereocenters. The van der Waals surface area contributed by atoms with Crippen molar-refractivity contribution in [2.45, 2.75) is 0 Å². The molecule has 0 aliphatic heterocycles. The van der Waals surface area contributed by atoms with Gasteiger partial charge in [-0.3, -0.25) is 4.72 Å². The molecule has 0 unspecified atom stereocenters. The third-order valence-corrected chi connectivity index (χ3v) is 4.34. The van der Waals surface area contributed by atoms with Gasteiger partial charge in [-0.25, -0.2) is 12.8 Å². The number of anilines is 1. The second kappa shape index (κ2) is 7.87. The molecule has 1 N–H and O–H groups in total. The van der Waals surface area contributed by atoms with E-state index in [0.29, 0.717) is 22.9 Å². The van der Waals surface area contributed by atoms with Gasteiger partial charge in [0.05, 0.1) is 19.9 Å². The molecule has 0 spiro atoms. The topological polar surface area (TPSA) is 73.9 Å². The maximum atomic E-state index is 12.8. The van der Waals surface area contributed by atoms with Crippen molar-refractivity contribution in [1.29, 1.82) is 0 Å². The number of hydrogen-bond acceptors (Lipinski definition) is 5. The fourth-order valence-electron chi connectivity index (χ4n) is 1.93. The molecule has 0 saturated carbocycles. The molecule has 2 rings (SSSR count). The van der Waals surface area contributed by atoms with E-state index in [2.05, 4.69) is 4.72 Å². The molecule has 0 fully saturated rings. The highest BCUT2D eigenvalue weighted by Gasteiger charge is 2.13. The number of hydrogen-bond donors (Lipinski definition) is 1. The van der Waals surface area contributed by atoms with Crippen LogP contribution in [0.25, 0.3) is 0 Å². The van der Waals surface area contributed by atoms with Gasteiger partial charge < -0.3 is 14.2 Å². The Morgan fingerprint density at radius 3 is 2.29 bits per heavy atom. The summed E-state index contributed by atoms with van der Waals surface area (Å²) in [7, 11) is -0.643. The first kappa shape index (κ1) is 17.9. The lowest BCUT2D eigenvalue weighted by atomic mass is 10.3. The molecule has 0 bridgehead atoms. The van der Waals surface area contributed by atoms with E-state index in [9.17, 15) is 12.8 Å². The zero-order valence-corrected chi connectivity index (χ0v) is 14.1. The Kier molecular flexibility index (Phi) is 5.86. The van der Waals surface area contributed by atoms with Crippen molar-refractivity contribution in [3.63, 3.8) is 0 Å². The summed E-state index contributed by atoms with van der Waals surface area (Å²) in [5.41, 5.74) is 0.356. The second-order valence-corrected chi connectivity index (χ2v) is 6.63. The van der Waals surface area contributed by atoms with Crippen molar-refractivity contribution in [3.8, 4) is 17.2 Å². The lowest BCUT2D eigenvalue weighted by Crippen LogP contribution is -2.21. The van der Waals surface area contributed by atoms with Gasteiger partial charge in [0.2, 0.25) is 10.0 Å². The molecule has 0 amide bonds. The lowest BCUT2D eigenvalue weighted by molar-refractivity contribution is 0.340. The molecular weight excluding hydrogens is 337 g/mol. The van der Waals surface area contributed by atoms with Gasteiger partial charge in [-0.2, -0.15) is 0 Å². The number of benzene rings is 2. The third kappa shape index (κ3) is 5.02. The highest BCUT2D eigenvalue weighted by atomic mass is 32.2. The minimum Gasteiger partial charge on any atom is -0.493 e. The van der Waals surface area contributed by atoms with Crippen molar-refractivity contribution in [2.24, 2.45) is 0 Å². The van der Waals surface area contributed by atoms with E-state index in [4.69, 9.17) is 14.2 Å². The van der Waals surface area contributed by atoms with Crippen LogP contribution in [0.4, 0.5) is 10.1 Å². The Hall–Kier alpha value is -2.48. The van der Waals surface area contributed by atoms with Gasteiger partial charge in [-0.05, 0) is 36.4 Å². The molecular formula is C16H18FNO5S. The van der Waals surface area contributed by atoms with E-state index in [0.717, 1.165) is 0 Å². The molecule has 24 heavy (non-hydrogen) atoms. The summed E-state index contributed by atoms with van der Waals surface area (Å²) >= 11 is 0. The summed E-state index contributed by atoms with van der Waals surface area (Å²) in [4.78, 5) is 0. The van der Waals surface area contributed by atoms with Gasteiger partial charge in [0.1, 0.15) is 23.9 Å². The molecule has 8 heteroatoms. The highest BCUT2D eigenvalue weighted by Crippen LogP contribution is 2.30. The maximum absolute atomic E-state index is 12.8. The fourth-order valence-corrected chi connectivity index (χ4v) is 2.82. The Labute approximate surface area is 140 Å². The van der Waals surface area contributed by atoms with Gasteiger partial charge in [-0.1, -0.05) is 0 Å². The number of halogens is 1. The highest BCUT2D eigenvalue weighted by molar-refractivity contribution is 7.92. The van der Waals surface area contributed by atoms with E-state index < -0.39 is 10.0 Å². The number of rotatable bonds is 8. The van der Waals surface area contributed by atoms with Crippen LogP contribution in [0.15, 0.2) is 42.5 Å². The summed E-state index contributed by atoms with van der Waals surface area (Å²) in [5, 5.41) is 0. The first-order valence-corrected chi connectivity index (χ1v) is 8.69. The van der Waals surface area contributed by atoms with E-state index in [1.807, 2.05) is 0 Å². The second-order valence-electron chi connectivity index (χ2n) is 4.79. The van der Waals surface area contributed by atoms with Crippen molar-refractivity contribution in [3.05, 3.63) is 48.3 Å². The Bertz CT molecular complexity index is 778. The SMILES string of the molecule is COc1ccc(NS(=O)(=O)CCOc2ccc(F)cc2)cc1OC. The van der Waals surface area contributed by atoms with Crippen molar-refractivity contribution >= 4 is 15.7 Å². The predicted molar refractivity (Wildman–Crippen MR) is 88.9 cm³/mol. The van der Waals surface area contributed by atoms with Crippen LogP contribution in [-0.4, -0.2) is 35.0 Å². The van der Waals surface area contributed by atoms with Gasteiger partial charge in [-0.15, -0.1) is 0 Å². The molecule has 6 nitrogen and oxygen atoms in total. The van der Waals surface area contributed by atoms with Crippen LogP contribution >= 0.6 is 0 Å². The normalized spacial score (nSPS) is 11.0. The molecule has 0 heterocycles. The third-order valence-electron chi connectivity index (χ3n) is 3.09. The number of methoxy groups -OCH3 is 2. The van der Waals surface area contributed by atoms with Crippen LogP contribution in [0.1, 0.15) is 0 Å². The smallest absolute Gasteiger partial charge is 0.236 e. The van der Waals surface area contributed by atoms with Gasteiger partial charge in [0, 0.05) is 6.07 Å². The van der Waals surface area contributed by atoms with Crippen molar-refractivity contribution < 1.29 is 27.0 Å².